The minimum atomic E-state index is -1.45. The average molecular weight is 293 g/mol. The number of carboxylic acid groups (broad SMARTS) is 1. The van der Waals surface area contributed by atoms with E-state index in [1.165, 1.54) is 6.20 Å². The number of nitrogens with zero attached hydrogens (tertiary/aromatic N) is 4. The van der Waals surface area contributed by atoms with Crippen molar-refractivity contribution in [1.82, 2.24) is 25.6 Å². The molecule has 0 fully saturated rings. The number of carbonyl (C=O) groups is 1. The smallest absolute Gasteiger partial charge is 0.336 e. The van der Waals surface area contributed by atoms with Gasteiger partial charge in [-0.1, -0.05) is 5.16 Å². The van der Waals surface area contributed by atoms with E-state index >= 15 is 0 Å². The molecule has 3 rings (SSSR count). The molecule has 106 valence electrons. The first kappa shape index (κ1) is 12.8. The Morgan fingerprint density at radius 2 is 2.05 bits per heavy atom. The maximum absolute atomic E-state index is 13.3. The lowest BCUT2D eigenvalue weighted by atomic mass is 10.1. The molecule has 10 heteroatoms. The van der Waals surface area contributed by atoms with Crippen LogP contribution >= 0.6 is 0 Å². The maximum atomic E-state index is 13.3. The molecule has 0 aliphatic heterocycles. The van der Waals surface area contributed by atoms with E-state index in [0.29, 0.717) is 12.1 Å². The molecule has 0 spiro atoms. The predicted molar refractivity (Wildman–Crippen MR) is 62.0 cm³/mol. The maximum Gasteiger partial charge on any atom is 0.336 e. The van der Waals surface area contributed by atoms with Crippen LogP contribution in [-0.2, 0) is 0 Å². The van der Waals surface area contributed by atoms with Crippen molar-refractivity contribution < 1.29 is 23.2 Å². The standard InChI is InChI=1S/C11H5F2N5O3/c12-6-1-4(5(11(19)20)2-7(6)13)10-15-9(17-21-10)8-3-14-18-16-8/h1-3H,(H,19,20)(H,14,16,18). The third-order valence-electron chi connectivity index (χ3n) is 2.59. The van der Waals surface area contributed by atoms with Gasteiger partial charge >= 0.3 is 5.97 Å². The third-order valence-corrected chi connectivity index (χ3v) is 2.59. The van der Waals surface area contributed by atoms with Crippen LogP contribution in [0.4, 0.5) is 8.78 Å². The minimum absolute atomic E-state index is 0.0276. The molecule has 0 saturated heterocycles. The molecule has 2 aromatic heterocycles. The average Bonchev–Trinajstić information content (AvgIpc) is 3.10. The number of benzene rings is 1. The van der Waals surface area contributed by atoms with Gasteiger partial charge in [-0.15, -0.1) is 0 Å². The zero-order valence-electron chi connectivity index (χ0n) is 10.0. The van der Waals surface area contributed by atoms with Gasteiger partial charge in [-0.25, -0.2) is 13.6 Å². The number of nitrogens with one attached hydrogen (secondary N) is 1. The second-order valence-electron chi connectivity index (χ2n) is 3.90. The van der Waals surface area contributed by atoms with Gasteiger partial charge in [-0.05, 0) is 12.1 Å². The quantitative estimate of drug-likeness (QED) is 0.751. The summed E-state index contributed by atoms with van der Waals surface area (Å²) in [5.41, 5.74) is -0.475. The molecule has 0 aliphatic carbocycles. The second-order valence-corrected chi connectivity index (χ2v) is 3.90. The molecule has 2 N–H and O–H groups in total. The summed E-state index contributed by atoms with van der Waals surface area (Å²) < 4.78 is 31.3. The molecule has 0 amide bonds. The molecular weight excluding hydrogens is 288 g/mol. The highest BCUT2D eigenvalue weighted by atomic mass is 19.2. The van der Waals surface area contributed by atoms with Crippen LogP contribution in [0.25, 0.3) is 23.0 Å². The Balaban J connectivity index is 2.12. The van der Waals surface area contributed by atoms with Crippen LogP contribution < -0.4 is 0 Å². The summed E-state index contributed by atoms with van der Waals surface area (Å²) in [6.45, 7) is 0. The van der Waals surface area contributed by atoms with E-state index < -0.39 is 23.2 Å². The highest BCUT2D eigenvalue weighted by molar-refractivity contribution is 5.94. The van der Waals surface area contributed by atoms with Crippen molar-refractivity contribution in [3.63, 3.8) is 0 Å². The van der Waals surface area contributed by atoms with Gasteiger partial charge in [0.2, 0.25) is 5.82 Å². The fraction of sp³-hybridized carbons (Fsp3) is 0. The molecule has 0 aliphatic rings. The van der Waals surface area contributed by atoms with Crippen molar-refractivity contribution in [2.24, 2.45) is 0 Å². The SMILES string of the molecule is O=C(O)c1cc(F)c(F)cc1-c1nc(-c2cn[nH]n2)no1. The van der Waals surface area contributed by atoms with Gasteiger partial charge in [-0.2, -0.15) is 20.4 Å². The van der Waals surface area contributed by atoms with Gasteiger partial charge in [0.15, 0.2) is 17.3 Å². The topological polar surface area (TPSA) is 118 Å². The van der Waals surface area contributed by atoms with E-state index in [0.717, 1.165) is 0 Å². The van der Waals surface area contributed by atoms with Crippen molar-refractivity contribution in [2.45, 2.75) is 0 Å². The van der Waals surface area contributed by atoms with Crippen molar-refractivity contribution in [1.29, 1.82) is 0 Å². The van der Waals surface area contributed by atoms with Gasteiger partial charge in [0.1, 0.15) is 0 Å². The van der Waals surface area contributed by atoms with E-state index in [1.807, 2.05) is 0 Å². The highest BCUT2D eigenvalue weighted by Gasteiger charge is 2.21. The monoisotopic (exact) mass is 293 g/mol. The predicted octanol–water partition coefficient (Wildman–Crippen LogP) is 1.50. The van der Waals surface area contributed by atoms with Crippen molar-refractivity contribution in [3.8, 4) is 23.0 Å². The third kappa shape index (κ3) is 2.22. The lowest BCUT2D eigenvalue weighted by Crippen LogP contribution is -2.02. The molecule has 2 heterocycles. The number of aromatic carboxylic acids is 1. The van der Waals surface area contributed by atoms with Gasteiger partial charge < -0.3 is 9.63 Å². The Labute approximate surface area is 114 Å². The molecule has 21 heavy (non-hydrogen) atoms. The van der Waals surface area contributed by atoms with E-state index in [4.69, 9.17) is 9.63 Å². The lowest BCUT2D eigenvalue weighted by molar-refractivity contribution is 0.0696. The van der Waals surface area contributed by atoms with Crippen LogP contribution in [-0.4, -0.2) is 36.6 Å². The van der Waals surface area contributed by atoms with Gasteiger partial charge in [-0.3, -0.25) is 0 Å². The normalized spacial score (nSPS) is 10.8. The fourth-order valence-electron chi connectivity index (χ4n) is 1.65. The number of aromatic amines is 1. The highest BCUT2D eigenvalue weighted by Crippen LogP contribution is 2.26. The van der Waals surface area contributed by atoms with Crippen LogP contribution in [0.5, 0.6) is 0 Å². The van der Waals surface area contributed by atoms with Gasteiger partial charge in [0, 0.05) is 0 Å². The summed E-state index contributed by atoms with van der Waals surface area (Å²) in [6.07, 6.45) is 1.32. The van der Waals surface area contributed by atoms with Crippen molar-refractivity contribution >= 4 is 5.97 Å². The summed E-state index contributed by atoms with van der Waals surface area (Å²) in [6, 6.07) is 1.23. The number of hydrogen-bond acceptors (Lipinski definition) is 6. The molecule has 0 unspecified atom stereocenters. The number of carboxylic acids is 1. The summed E-state index contributed by atoms with van der Waals surface area (Å²) in [5, 5.41) is 22.2. The van der Waals surface area contributed by atoms with Crippen LogP contribution in [0, 0.1) is 11.6 Å². The van der Waals surface area contributed by atoms with Crippen LogP contribution in [0.1, 0.15) is 10.4 Å². The van der Waals surface area contributed by atoms with Crippen LogP contribution in [0.3, 0.4) is 0 Å². The van der Waals surface area contributed by atoms with Gasteiger partial charge in [0.05, 0.1) is 17.3 Å². The largest absolute Gasteiger partial charge is 0.478 e. The first-order valence-electron chi connectivity index (χ1n) is 5.49. The van der Waals surface area contributed by atoms with Crippen LogP contribution in [0.2, 0.25) is 0 Å². The lowest BCUT2D eigenvalue weighted by Gasteiger charge is -2.02. The summed E-state index contributed by atoms with van der Waals surface area (Å²) >= 11 is 0. The Morgan fingerprint density at radius 3 is 2.71 bits per heavy atom. The number of rotatable bonds is 3. The number of halogens is 2. The molecule has 0 bridgehead atoms. The molecule has 0 atom stereocenters. The fourth-order valence-corrected chi connectivity index (χ4v) is 1.65. The number of aromatic nitrogens is 5. The minimum Gasteiger partial charge on any atom is -0.478 e. The zero-order valence-corrected chi connectivity index (χ0v) is 10.0. The van der Waals surface area contributed by atoms with Gasteiger partial charge in [0.25, 0.3) is 5.89 Å². The van der Waals surface area contributed by atoms with E-state index in [9.17, 15) is 13.6 Å². The summed E-state index contributed by atoms with van der Waals surface area (Å²) in [4.78, 5) is 15.0. The van der Waals surface area contributed by atoms with Crippen molar-refractivity contribution in [3.05, 3.63) is 35.5 Å². The Bertz CT molecular complexity index is 815. The molecule has 3 aromatic rings. The molecule has 1 aromatic carbocycles. The Hall–Kier alpha value is -3.17. The summed E-state index contributed by atoms with van der Waals surface area (Å²) in [5.74, 6) is -4.21. The van der Waals surface area contributed by atoms with Crippen LogP contribution in [0.15, 0.2) is 22.9 Å². The molecule has 0 saturated carbocycles. The first-order chi connectivity index (χ1) is 10.1. The van der Waals surface area contributed by atoms with E-state index in [-0.39, 0.29) is 23.0 Å². The van der Waals surface area contributed by atoms with E-state index in [2.05, 4.69) is 25.6 Å². The number of H-pyrrole nitrogens is 1. The zero-order chi connectivity index (χ0) is 15.0. The Kier molecular flexibility index (Phi) is 2.90. The Morgan fingerprint density at radius 1 is 1.29 bits per heavy atom. The number of hydrogen-bond donors (Lipinski definition) is 2. The van der Waals surface area contributed by atoms with E-state index in [1.54, 1.807) is 0 Å². The molecule has 8 nitrogen and oxygen atoms in total. The molecular formula is C11H5F2N5O3. The van der Waals surface area contributed by atoms with Crippen molar-refractivity contribution in [2.75, 3.05) is 0 Å². The first-order valence-corrected chi connectivity index (χ1v) is 5.49. The second kappa shape index (κ2) is 4.74. The molecule has 0 radical (unpaired) electrons. The summed E-state index contributed by atoms with van der Waals surface area (Å²) in [7, 11) is 0.